The fraction of sp³-hybridized carbons (Fsp3) is 0.379. The van der Waals surface area contributed by atoms with Crippen molar-refractivity contribution in [3.05, 3.63) is 76.1 Å². The van der Waals surface area contributed by atoms with Gasteiger partial charge in [-0.25, -0.2) is 4.79 Å². The molecule has 2 N–H and O–H groups in total. The minimum Gasteiger partial charge on any atom is -0.508 e. The number of benzene rings is 2. The number of carbonyl (C=O) groups excluding carboxylic acids is 2. The molecule has 0 bridgehead atoms. The quantitative estimate of drug-likeness (QED) is 0.381. The van der Waals surface area contributed by atoms with Crippen LogP contribution in [-0.4, -0.2) is 50.9 Å². The molecule has 1 aliphatic heterocycles. The first-order valence-corrected chi connectivity index (χ1v) is 12.4. The molecular formula is C29H33NO7. The second-order valence-electron chi connectivity index (χ2n) is 9.06. The van der Waals surface area contributed by atoms with Crippen molar-refractivity contribution in [2.24, 2.45) is 0 Å². The molecule has 0 amide bonds. The van der Waals surface area contributed by atoms with Crippen molar-refractivity contribution in [1.82, 2.24) is 5.32 Å². The summed E-state index contributed by atoms with van der Waals surface area (Å²) >= 11 is 0. The third kappa shape index (κ3) is 5.49. The summed E-state index contributed by atoms with van der Waals surface area (Å²) in [6, 6.07) is 12.4. The van der Waals surface area contributed by atoms with Crippen LogP contribution in [0.4, 0.5) is 0 Å². The SMILES string of the molecule is CCOCCOC(=O)C1=C(C)NC2=C(C(=O)C[C@H](c3ccc(OC)c(OC)c3)C2)[C@@H]1c1cccc(O)c1. The second-order valence-corrected chi connectivity index (χ2v) is 9.06. The number of carbonyl (C=O) groups is 2. The summed E-state index contributed by atoms with van der Waals surface area (Å²) in [4.78, 5) is 27.0. The number of phenolic OH excluding ortho intramolecular Hbond substituents is 1. The zero-order valence-corrected chi connectivity index (χ0v) is 21.6. The summed E-state index contributed by atoms with van der Waals surface area (Å²) in [5, 5.41) is 13.5. The summed E-state index contributed by atoms with van der Waals surface area (Å²) in [5.74, 6) is -0.00799. The van der Waals surface area contributed by atoms with Crippen molar-refractivity contribution in [2.75, 3.05) is 34.0 Å². The van der Waals surface area contributed by atoms with Crippen molar-refractivity contribution in [2.45, 2.75) is 38.5 Å². The van der Waals surface area contributed by atoms with E-state index in [4.69, 9.17) is 18.9 Å². The number of phenols is 1. The predicted molar refractivity (Wildman–Crippen MR) is 138 cm³/mol. The van der Waals surface area contributed by atoms with Gasteiger partial charge in [0, 0.05) is 35.9 Å². The van der Waals surface area contributed by atoms with Crippen LogP contribution in [0.25, 0.3) is 0 Å². The van der Waals surface area contributed by atoms with E-state index in [0.29, 0.717) is 53.5 Å². The molecule has 1 aliphatic carbocycles. The molecule has 8 heteroatoms. The van der Waals surface area contributed by atoms with Crippen LogP contribution in [0.2, 0.25) is 0 Å². The van der Waals surface area contributed by atoms with Gasteiger partial charge in [-0.05, 0) is 61.6 Å². The Balaban J connectivity index is 1.71. The number of Topliss-reactive ketones (excluding diaryl/α,β-unsaturated/α-hetero) is 1. The van der Waals surface area contributed by atoms with E-state index in [2.05, 4.69) is 5.32 Å². The number of esters is 1. The molecular weight excluding hydrogens is 474 g/mol. The third-order valence-electron chi connectivity index (χ3n) is 6.79. The highest BCUT2D eigenvalue weighted by molar-refractivity contribution is 6.04. The minimum absolute atomic E-state index is 0.0611. The number of allylic oxidation sites excluding steroid dienone is 3. The van der Waals surface area contributed by atoms with E-state index < -0.39 is 11.9 Å². The maximum Gasteiger partial charge on any atom is 0.336 e. The van der Waals surface area contributed by atoms with Crippen LogP contribution in [0.15, 0.2) is 65.0 Å². The number of nitrogens with one attached hydrogen (secondary N) is 1. The molecule has 0 spiro atoms. The Hall–Kier alpha value is -3.78. The molecule has 0 fully saturated rings. The Bertz CT molecular complexity index is 1250. The first-order valence-electron chi connectivity index (χ1n) is 12.4. The number of ether oxygens (including phenoxy) is 4. The Morgan fingerprint density at radius 2 is 1.81 bits per heavy atom. The maximum absolute atomic E-state index is 13.7. The monoisotopic (exact) mass is 507 g/mol. The van der Waals surface area contributed by atoms with Crippen molar-refractivity contribution in [3.63, 3.8) is 0 Å². The van der Waals surface area contributed by atoms with Crippen LogP contribution >= 0.6 is 0 Å². The summed E-state index contributed by atoms with van der Waals surface area (Å²) in [5.41, 5.74) is 3.91. The topological polar surface area (TPSA) is 103 Å². The van der Waals surface area contributed by atoms with Crippen LogP contribution in [0, 0.1) is 0 Å². The lowest BCUT2D eigenvalue weighted by molar-refractivity contribution is -0.140. The van der Waals surface area contributed by atoms with Crippen molar-refractivity contribution >= 4 is 11.8 Å². The Morgan fingerprint density at radius 3 is 2.51 bits per heavy atom. The Morgan fingerprint density at radius 1 is 1.03 bits per heavy atom. The molecule has 2 aliphatic rings. The summed E-state index contributed by atoms with van der Waals surface area (Å²) in [6.07, 6.45) is 0.854. The van der Waals surface area contributed by atoms with Crippen molar-refractivity contribution in [3.8, 4) is 17.2 Å². The van der Waals surface area contributed by atoms with Gasteiger partial charge in [-0.2, -0.15) is 0 Å². The lowest BCUT2D eigenvalue weighted by atomic mass is 9.71. The molecule has 4 rings (SSSR count). The van der Waals surface area contributed by atoms with Gasteiger partial charge in [-0.1, -0.05) is 18.2 Å². The van der Waals surface area contributed by atoms with Gasteiger partial charge in [-0.15, -0.1) is 0 Å². The fourth-order valence-corrected chi connectivity index (χ4v) is 5.11. The third-order valence-corrected chi connectivity index (χ3v) is 6.79. The fourth-order valence-electron chi connectivity index (χ4n) is 5.11. The lowest BCUT2D eigenvalue weighted by Crippen LogP contribution is -2.36. The standard InChI is InChI=1S/C29H33NO7/c1-5-36-11-12-37-29(33)26-17(2)30-22-14-20(18-9-10-24(34-3)25(16-18)35-4)15-23(32)28(22)27(26)19-7-6-8-21(31)13-19/h6-10,13,16,20,27,30-31H,5,11-12,14-15H2,1-4H3/t20-,27-/m1/s1. The number of rotatable bonds is 9. The first-order chi connectivity index (χ1) is 17.9. The van der Waals surface area contributed by atoms with Crippen molar-refractivity contribution in [1.29, 1.82) is 0 Å². The molecule has 2 aromatic rings. The number of hydrogen-bond acceptors (Lipinski definition) is 8. The zero-order chi connectivity index (χ0) is 26.5. The zero-order valence-electron chi connectivity index (χ0n) is 21.6. The van der Waals surface area contributed by atoms with Crippen LogP contribution in [0.1, 0.15) is 49.7 Å². The second kappa shape index (κ2) is 11.5. The minimum atomic E-state index is -0.651. The number of dihydropyridines is 1. The van der Waals surface area contributed by atoms with E-state index in [0.717, 1.165) is 11.3 Å². The van der Waals surface area contributed by atoms with Gasteiger partial charge in [0.25, 0.3) is 0 Å². The molecule has 2 atom stereocenters. The van der Waals surface area contributed by atoms with Crippen LogP contribution in [0.3, 0.4) is 0 Å². The lowest BCUT2D eigenvalue weighted by Gasteiger charge is -2.36. The van der Waals surface area contributed by atoms with Crippen molar-refractivity contribution < 1.29 is 33.6 Å². The van der Waals surface area contributed by atoms with Gasteiger partial charge in [0.1, 0.15) is 12.4 Å². The molecule has 0 unspecified atom stereocenters. The summed E-state index contributed by atoms with van der Waals surface area (Å²) in [7, 11) is 3.17. The molecule has 0 saturated carbocycles. The Kier molecular flexibility index (Phi) is 8.18. The average Bonchev–Trinajstić information content (AvgIpc) is 2.89. The molecule has 0 saturated heterocycles. The summed E-state index contributed by atoms with van der Waals surface area (Å²) < 4.78 is 21.6. The number of aromatic hydroxyl groups is 1. The number of hydrogen-bond donors (Lipinski definition) is 2. The largest absolute Gasteiger partial charge is 0.508 e. The average molecular weight is 508 g/mol. The first kappa shape index (κ1) is 26.3. The highest BCUT2D eigenvalue weighted by atomic mass is 16.6. The van der Waals surface area contributed by atoms with Gasteiger partial charge in [-0.3, -0.25) is 4.79 Å². The van der Waals surface area contributed by atoms with E-state index >= 15 is 0 Å². The molecule has 1 heterocycles. The molecule has 8 nitrogen and oxygen atoms in total. The van der Waals surface area contributed by atoms with Gasteiger partial charge < -0.3 is 29.4 Å². The van der Waals surface area contributed by atoms with Gasteiger partial charge >= 0.3 is 5.97 Å². The highest BCUT2D eigenvalue weighted by Gasteiger charge is 2.41. The molecule has 37 heavy (non-hydrogen) atoms. The number of ketones is 1. The van der Waals surface area contributed by atoms with E-state index in [1.54, 1.807) is 32.4 Å². The van der Waals surface area contributed by atoms with Crippen LogP contribution in [0.5, 0.6) is 17.2 Å². The van der Waals surface area contributed by atoms with Crippen LogP contribution < -0.4 is 14.8 Å². The molecule has 196 valence electrons. The van der Waals surface area contributed by atoms with E-state index in [9.17, 15) is 14.7 Å². The summed E-state index contributed by atoms with van der Waals surface area (Å²) in [6.45, 7) is 4.60. The maximum atomic E-state index is 13.7. The smallest absolute Gasteiger partial charge is 0.336 e. The Labute approximate surface area is 216 Å². The van der Waals surface area contributed by atoms with Crippen LogP contribution in [-0.2, 0) is 19.1 Å². The van der Waals surface area contributed by atoms with Gasteiger partial charge in [0.05, 0.1) is 26.4 Å². The van der Waals surface area contributed by atoms with E-state index in [1.807, 2.05) is 38.1 Å². The molecule has 2 aromatic carbocycles. The number of methoxy groups -OCH3 is 2. The van der Waals surface area contributed by atoms with Gasteiger partial charge in [0.15, 0.2) is 17.3 Å². The van der Waals surface area contributed by atoms with E-state index in [1.165, 1.54) is 0 Å². The molecule has 0 radical (unpaired) electrons. The predicted octanol–water partition coefficient (Wildman–Crippen LogP) is 4.35. The highest BCUT2D eigenvalue weighted by Crippen LogP contribution is 2.46. The molecule has 0 aromatic heterocycles. The van der Waals surface area contributed by atoms with Gasteiger partial charge in [0.2, 0.25) is 0 Å². The normalized spacial score (nSPS) is 19.3. The van der Waals surface area contributed by atoms with E-state index in [-0.39, 0.29) is 30.5 Å².